The Morgan fingerprint density at radius 3 is 2.73 bits per heavy atom. The third-order valence-corrected chi connectivity index (χ3v) is 7.97. The number of pyridine rings is 1. The molecular weight excluding hydrogens is 512 g/mol. The molecule has 3 aliphatic rings. The minimum atomic E-state index is -0.842. The zero-order chi connectivity index (χ0) is 28.2. The molecular formula is C28H36N8O4. The van der Waals surface area contributed by atoms with Crippen LogP contribution in [-0.4, -0.2) is 65.9 Å². The van der Waals surface area contributed by atoms with Crippen LogP contribution in [0, 0.1) is 5.92 Å². The third-order valence-electron chi connectivity index (χ3n) is 7.97. The Morgan fingerprint density at radius 2 is 2.00 bits per heavy atom. The van der Waals surface area contributed by atoms with Crippen LogP contribution >= 0.6 is 0 Å². The van der Waals surface area contributed by atoms with E-state index in [1.165, 1.54) is 6.20 Å². The maximum atomic E-state index is 14.0. The van der Waals surface area contributed by atoms with Gasteiger partial charge in [-0.25, -0.2) is 10.9 Å². The standard InChI is InChI=1S/C28H36N8O4/c1-3-16(2)23(33-25(37)19-8-5-11-29-13-19)27(39)32-21-10-9-17-6-4-7-18-12-22(36(24(17)18)28(21)40)26(38)30-14-20-15-31-35-34-20/h4-8,11,13,16,20-23,31,34-35H,3,9-10,12,14-15H2,1-2H3,(H,30,38)(H,32,39)(H,33,37)/t16-,20?,21-,22-,23-/m0/s1. The normalized spacial score (nSPS) is 23.1. The van der Waals surface area contributed by atoms with E-state index in [0.717, 1.165) is 16.8 Å². The first-order chi connectivity index (χ1) is 19.4. The number of amides is 4. The van der Waals surface area contributed by atoms with Gasteiger partial charge in [0.2, 0.25) is 17.7 Å². The molecule has 1 fully saturated rings. The number of hydrazine groups is 2. The molecule has 1 unspecified atom stereocenters. The number of rotatable bonds is 9. The van der Waals surface area contributed by atoms with Crippen LogP contribution in [0.3, 0.4) is 0 Å². The Labute approximate surface area is 233 Å². The highest BCUT2D eigenvalue weighted by molar-refractivity contribution is 6.08. The monoisotopic (exact) mass is 548 g/mol. The van der Waals surface area contributed by atoms with Crippen molar-refractivity contribution in [2.45, 2.75) is 63.7 Å². The first-order valence-electron chi connectivity index (χ1n) is 13.8. The van der Waals surface area contributed by atoms with Gasteiger partial charge in [-0.1, -0.05) is 38.5 Å². The number of nitrogens with one attached hydrogen (secondary N) is 6. The van der Waals surface area contributed by atoms with E-state index in [9.17, 15) is 19.2 Å². The average Bonchev–Trinajstić information content (AvgIpc) is 3.61. The van der Waals surface area contributed by atoms with Gasteiger partial charge in [0.15, 0.2) is 0 Å². The summed E-state index contributed by atoms with van der Waals surface area (Å²) in [6.07, 6.45) is 5.03. The summed E-state index contributed by atoms with van der Waals surface area (Å²) in [6, 6.07) is 6.79. The number of para-hydroxylation sites is 1. The second-order valence-electron chi connectivity index (χ2n) is 10.6. The van der Waals surface area contributed by atoms with E-state index in [1.54, 1.807) is 23.2 Å². The molecule has 12 heteroatoms. The number of aromatic nitrogens is 1. The third kappa shape index (κ3) is 5.69. The van der Waals surface area contributed by atoms with Gasteiger partial charge in [-0.3, -0.25) is 29.1 Å². The van der Waals surface area contributed by atoms with E-state index in [-0.39, 0.29) is 23.8 Å². The lowest BCUT2D eigenvalue weighted by Crippen LogP contribution is -2.58. The lowest BCUT2D eigenvalue weighted by atomic mass is 9.96. The zero-order valence-corrected chi connectivity index (χ0v) is 22.7. The maximum absolute atomic E-state index is 14.0. The van der Waals surface area contributed by atoms with Crippen LogP contribution in [0.2, 0.25) is 0 Å². The Hall–Kier alpha value is -3.87. The molecule has 4 heterocycles. The number of nitrogens with zero attached hydrogens (tertiary/aromatic N) is 2. The second kappa shape index (κ2) is 12.1. The summed E-state index contributed by atoms with van der Waals surface area (Å²) in [6.45, 7) is 4.88. The van der Waals surface area contributed by atoms with Crippen LogP contribution in [0.15, 0.2) is 42.7 Å². The smallest absolute Gasteiger partial charge is 0.253 e. The Morgan fingerprint density at radius 1 is 1.18 bits per heavy atom. The highest BCUT2D eigenvalue weighted by Gasteiger charge is 2.44. The van der Waals surface area contributed by atoms with Gasteiger partial charge in [-0.2, -0.15) is 5.53 Å². The number of carbonyl (C=O) groups is 4. The van der Waals surface area contributed by atoms with Gasteiger partial charge < -0.3 is 16.0 Å². The minimum Gasteiger partial charge on any atom is -0.353 e. The van der Waals surface area contributed by atoms with Gasteiger partial charge in [0.1, 0.15) is 18.1 Å². The number of carbonyl (C=O) groups excluding carboxylic acids is 4. The molecule has 0 aliphatic carbocycles. The van der Waals surface area contributed by atoms with Crippen LogP contribution in [0.4, 0.5) is 5.69 Å². The number of aryl methyl sites for hydroxylation is 1. The lowest BCUT2D eigenvalue weighted by Gasteiger charge is -2.30. The van der Waals surface area contributed by atoms with Crippen molar-refractivity contribution in [1.29, 1.82) is 0 Å². The molecule has 4 amide bonds. The first-order valence-corrected chi connectivity index (χ1v) is 13.8. The highest BCUT2D eigenvalue weighted by Crippen LogP contribution is 2.39. The molecule has 0 bridgehead atoms. The topological polar surface area (TPSA) is 157 Å². The predicted molar refractivity (Wildman–Crippen MR) is 148 cm³/mol. The van der Waals surface area contributed by atoms with E-state index < -0.39 is 29.9 Å². The fourth-order valence-electron chi connectivity index (χ4n) is 5.50. The molecule has 5 atom stereocenters. The fraction of sp³-hybridized carbons (Fsp3) is 0.464. The summed E-state index contributed by atoms with van der Waals surface area (Å²) >= 11 is 0. The lowest BCUT2D eigenvalue weighted by molar-refractivity contribution is -0.130. The molecule has 3 aliphatic heterocycles. The van der Waals surface area contributed by atoms with Crippen molar-refractivity contribution in [2.24, 2.45) is 5.92 Å². The van der Waals surface area contributed by atoms with Crippen molar-refractivity contribution in [3.8, 4) is 0 Å². The molecule has 1 aromatic carbocycles. The molecule has 0 radical (unpaired) electrons. The van der Waals surface area contributed by atoms with Gasteiger partial charge in [0.25, 0.3) is 5.91 Å². The van der Waals surface area contributed by atoms with Crippen molar-refractivity contribution in [2.75, 3.05) is 18.0 Å². The summed E-state index contributed by atoms with van der Waals surface area (Å²) in [5.41, 5.74) is 11.8. The van der Waals surface area contributed by atoms with Crippen LogP contribution in [-0.2, 0) is 27.2 Å². The number of hydrogen-bond donors (Lipinski definition) is 6. The van der Waals surface area contributed by atoms with Crippen LogP contribution in [0.5, 0.6) is 0 Å². The minimum absolute atomic E-state index is 0.0227. The summed E-state index contributed by atoms with van der Waals surface area (Å²) in [4.78, 5) is 59.3. The molecule has 6 N–H and O–H groups in total. The quantitative estimate of drug-likeness (QED) is 0.250. The van der Waals surface area contributed by atoms with E-state index in [4.69, 9.17) is 0 Å². The van der Waals surface area contributed by atoms with E-state index in [2.05, 4.69) is 37.3 Å². The van der Waals surface area contributed by atoms with Crippen molar-refractivity contribution in [3.05, 3.63) is 59.4 Å². The van der Waals surface area contributed by atoms with Gasteiger partial charge in [0.05, 0.1) is 17.3 Å². The highest BCUT2D eigenvalue weighted by atomic mass is 16.2. The average molecular weight is 549 g/mol. The SMILES string of the molecule is CC[C@H](C)[C@H](NC(=O)c1cccnc1)C(=O)N[C@H]1CCc2cccc3c2N(C1=O)[C@H](C(=O)NCC1CNNN1)C3. The molecule has 0 spiro atoms. The van der Waals surface area contributed by atoms with Crippen molar-refractivity contribution < 1.29 is 19.2 Å². The first kappa shape index (κ1) is 27.7. The van der Waals surface area contributed by atoms with Crippen molar-refractivity contribution in [1.82, 2.24) is 37.3 Å². The molecule has 0 saturated carbocycles. The van der Waals surface area contributed by atoms with E-state index in [1.807, 2.05) is 32.0 Å². The molecule has 40 heavy (non-hydrogen) atoms. The van der Waals surface area contributed by atoms with Gasteiger partial charge in [-0.05, 0) is 42.0 Å². The zero-order valence-electron chi connectivity index (χ0n) is 22.7. The summed E-state index contributed by atoms with van der Waals surface area (Å²) < 4.78 is 0. The van der Waals surface area contributed by atoms with Gasteiger partial charge in [-0.15, -0.1) is 0 Å². The van der Waals surface area contributed by atoms with E-state index >= 15 is 0 Å². The Kier molecular flexibility index (Phi) is 8.38. The molecule has 2 aromatic rings. The molecule has 12 nitrogen and oxygen atoms in total. The number of hydrogen-bond acceptors (Lipinski definition) is 8. The molecule has 5 rings (SSSR count). The largest absolute Gasteiger partial charge is 0.353 e. The van der Waals surface area contributed by atoms with Crippen LogP contribution < -0.4 is 37.2 Å². The summed E-state index contributed by atoms with van der Waals surface area (Å²) in [7, 11) is 0. The predicted octanol–water partition coefficient (Wildman–Crippen LogP) is -0.288. The Balaban J connectivity index is 1.33. The van der Waals surface area contributed by atoms with Crippen molar-refractivity contribution in [3.63, 3.8) is 0 Å². The molecule has 212 valence electrons. The maximum Gasteiger partial charge on any atom is 0.253 e. The summed E-state index contributed by atoms with van der Waals surface area (Å²) in [5.74, 6) is -1.57. The molecule has 1 saturated heterocycles. The van der Waals surface area contributed by atoms with Crippen LogP contribution in [0.25, 0.3) is 0 Å². The van der Waals surface area contributed by atoms with Gasteiger partial charge in [0, 0.05) is 31.9 Å². The van der Waals surface area contributed by atoms with Crippen molar-refractivity contribution >= 4 is 29.3 Å². The van der Waals surface area contributed by atoms with E-state index in [0.29, 0.717) is 44.3 Å². The fourth-order valence-corrected chi connectivity index (χ4v) is 5.50. The number of benzene rings is 1. The summed E-state index contributed by atoms with van der Waals surface area (Å²) in [5, 5.41) is 8.72. The second-order valence-corrected chi connectivity index (χ2v) is 10.6. The van der Waals surface area contributed by atoms with Crippen LogP contribution in [0.1, 0.15) is 48.2 Å². The molecule has 1 aromatic heterocycles. The number of anilines is 1. The van der Waals surface area contributed by atoms with Gasteiger partial charge >= 0.3 is 0 Å². The Bertz CT molecular complexity index is 1270.